The van der Waals surface area contributed by atoms with E-state index in [1.807, 2.05) is 34.0 Å². The van der Waals surface area contributed by atoms with Gasteiger partial charge in [0.05, 0.1) is 6.07 Å². The van der Waals surface area contributed by atoms with E-state index in [-0.39, 0.29) is 12.3 Å². The molecule has 1 N–H and O–H groups in total. The molecule has 0 fully saturated rings. The maximum absolute atomic E-state index is 12.1. The summed E-state index contributed by atoms with van der Waals surface area (Å²) in [5.74, 6) is -0.550. The Labute approximate surface area is 174 Å². The summed E-state index contributed by atoms with van der Waals surface area (Å²) in [5, 5.41) is 16.9. The number of aromatic nitrogens is 4. The van der Waals surface area contributed by atoms with E-state index in [4.69, 9.17) is 4.74 Å². The second-order valence-electron chi connectivity index (χ2n) is 7.25. The number of thioether (sulfide) groups is 1. The van der Waals surface area contributed by atoms with E-state index in [0.29, 0.717) is 17.4 Å². The van der Waals surface area contributed by atoms with Crippen LogP contribution < -0.4 is 5.32 Å². The first-order valence-corrected chi connectivity index (χ1v) is 10.5. The minimum absolute atomic E-state index is 0.0797. The molecule has 0 bridgehead atoms. The number of nitrogens with one attached hydrogen (secondary N) is 1. The number of nitriles is 1. The number of amides is 1. The summed E-state index contributed by atoms with van der Waals surface area (Å²) in [4.78, 5) is 32.9. The van der Waals surface area contributed by atoms with Crippen LogP contribution in [-0.4, -0.2) is 49.9 Å². The summed E-state index contributed by atoms with van der Waals surface area (Å²) in [5.41, 5.74) is 1.54. The Morgan fingerprint density at radius 3 is 2.62 bits per heavy atom. The molecular formula is C19H26N6O3S. The van der Waals surface area contributed by atoms with E-state index in [0.717, 1.165) is 17.0 Å². The molecule has 2 rings (SSSR count). The van der Waals surface area contributed by atoms with E-state index in [9.17, 15) is 14.9 Å². The molecule has 10 heteroatoms. The Kier molecular flexibility index (Phi) is 7.19. The van der Waals surface area contributed by atoms with Crippen molar-refractivity contribution in [3.8, 4) is 6.07 Å². The minimum Gasteiger partial charge on any atom is -0.456 e. The fourth-order valence-corrected chi connectivity index (χ4v) is 3.05. The van der Waals surface area contributed by atoms with Crippen LogP contribution in [0.1, 0.15) is 44.1 Å². The van der Waals surface area contributed by atoms with E-state index in [2.05, 4.69) is 26.5 Å². The van der Waals surface area contributed by atoms with Crippen LogP contribution in [0.3, 0.4) is 0 Å². The van der Waals surface area contributed by atoms with Gasteiger partial charge in [0.1, 0.15) is 5.54 Å². The van der Waals surface area contributed by atoms with Crippen molar-refractivity contribution in [2.45, 2.75) is 58.2 Å². The van der Waals surface area contributed by atoms with Crippen LogP contribution in [0.5, 0.6) is 0 Å². The van der Waals surface area contributed by atoms with Gasteiger partial charge in [-0.05, 0) is 44.9 Å². The molecule has 0 aliphatic rings. The van der Waals surface area contributed by atoms with Gasteiger partial charge in [-0.1, -0.05) is 25.6 Å². The molecule has 2 aromatic heterocycles. The molecule has 9 nitrogen and oxygen atoms in total. The van der Waals surface area contributed by atoms with Crippen molar-refractivity contribution in [2.75, 3.05) is 12.9 Å². The van der Waals surface area contributed by atoms with Gasteiger partial charge < -0.3 is 10.1 Å². The van der Waals surface area contributed by atoms with Gasteiger partial charge in [0, 0.05) is 17.8 Å². The molecule has 156 valence electrons. The summed E-state index contributed by atoms with van der Waals surface area (Å²) in [7, 11) is 0. The van der Waals surface area contributed by atoms with Crippen LogP contribution in [0.15, 0.2) is 5.16 Å². The van der Waals surface area contributed by atoms with Crippen molar-refractivity contribution in [3.63, 3.8) is 0 Å². The van der Waals surface area contributed by atoms with Crippen LogP contribution >= 0.6 is 11.8 Å². The SMILES string of the molecule is CSc1nc2nc(C)c(CCC(=O)OCC(=O)N[C@@](C)(C#N)C(C)C)c(C)n2n1. The van der Waals surface area contributed by atoms with Gasteiger partial charge in [-0.25, -0.2) is 9.50 Å². The second kappa shape index (κ2) is 9.22. The van der Waals surface area contributed by atoms with Crippen LogP contribution in [0.25, 0.3) is 5.78 Å². The van der Waals surface area contributed by atoms with Crippen molar-refractivity contribution in [3.05, 3.63) is 17.0 Å². The van der Waals surface area contributed by atoms with Crippen molar-refractivity contribution in [1.29, 1.82) is 5.26 Å². The summed E-state index contributed by atoms with van der Waals surface area (Å²) in [6, 6.07) is 2.08. The Hall–Kier alpha value is -2.67. The largest absolute Gasteiger partial charge is 0.456 e. The highest BCUT2D eigenvalue weighted by atomic mass is 32.2. The van der Waals surface area contributed by atoms with E-state index in [1.54, 1.807) is 11.4 Å². The third-order valence-electron chi connectivity index (χ3n) is 4.94. The van der Waals surface area contributed by atoms with E-state index >= 15 is 0 Å². The number of hydrogen-bond donors (Lipinski definition) is 1. The van der Waals surface area contributed by atoms with Gasteiger partial charge in [0.15, 0.2) is 6.61 Å². The van der Waals surface area contributed by atoms with Crippen molar-refractivity contribution in [1.82, 2.24) is 24.9 Å². The Bertz CT molecular complexity index is 965. The molecule has 0 saturated heterocycles. The minimum atomic E-state index is -1.01. The molecule has 0 radical (unpaired) electrons. The second-order valence-corrected chi connectivity index (χ2v) is 8.02. The molecule has 1 atom stereocenters. The fourth-order valence-electron chi connectivity index (χ4n) is 2.71. The first-order chi connectivity index (χ1) is 13.6. The smallest absolute Gasteiger partial charge is 0.306 e. The third-order valence-corrected chi connectivity index (χ3v) is 5.48. The molecule has 2 heterocycles. The van der Waals surface area contributed by atoms with Gasteiger partial charge in [-0.15, -0.1) is 5.10 Å². The molecule has 2 aromatic rings. The zero-order valence-electron chi connectivity index (χ0n) is 17.6. The normalized spacial score (nSPS) is 13.2. The van der Waals surface area contributed by atoms with Crippen molar-refractivity contribution < 1.29 is 14.3 Å². The average Bonchev–Trinajstić information content (AvgIpc) is 3.09. The lowest BCUT2D eigenvalue weighted by Crippen LogP contribution is -2.50. The van der Waals surface area contributed by atoms with Gasteiger partial charge >= 0.3 is 5.97 Å². The van der Waals surface area contributed by atoms with Gasteiger partial charge in [0.25, 0.3) is 11.7 Å². The zero-order valence-corrected chi connectivity index (χ0v) is 18.4. The predicted octanol–water partition coefficient (Wildman–Crippen LogP) is 1.99. The lowest BCUT2D eigenvalue weighted by molar-refractivity contribution is -0.149. The quantitative estimate of drug-likeness (QED) is 0.510. The molecule has 29 heavy (non-hydrogen) atoms. The first kappa shape index (κ1) is 22.6. The van der Waals surface area contributed by atoms with Gasteiger partial charge in [-0.2, -0.15) is 10.2 Å². The molecule has 1 amide bonds. The number of aryl methyl sites for hydroxylation is 2. The van der Waals surface area contributed by atoms with Crippen molar-refractivity contribution in [2.24, 2.45) is 5.92 Å². The van der Waals surface area contributed by atoms with Crippen LogP contribution in [0.4, 0.5) is 0 Å². The molecular weight excluding hydrogens is 392 g/mol. The molecule has 0 spiro atoms. The van der Waals surface area contributed by atoms with Crippen molar-refractivity contribution >= 4 is 29.4 Å². The molecule has 0 aromatic carbocycles. The molecule has 0 aliphatic carbocycles. The summed E-state index contributed by atoms with van der Waals surface area (Å²) < 4.78 is 6.73. The Morgan fingerprint density at radius 1 is 1.34 bits per heavy atom. The van der Waals surface area contributed by atoms with Crippen LogP contribution in [-0.2, 0) is 20.7 Å². The predicted molar refractivity (Wildman–Crippen MR) is 108 cm³/mol. The lowest BCUT2D eigenvalue weighted by Gasteiger charge is -2.27. The Balaban J connectivity index is 1.96. The fraction of sp³-hybridized carbons (Fsp3) is 0.579. The van der Waals surface area contributed by atoms with Gasteiger partial charge in [0.2, 0.25) is 5.16 Å². The summed E-state index contributed by atoms with van der Waals surface area (Å²) in [6.07, 6.45) is 2.41. The number of nitrogens with zero attached hydrogens (tertiary/aromatic N) is 5. The lowest BCUT2D eigenvalue weighted by atomic mass is 9.90. The topological polar surface area (TPSA) is 122 Å². The number of carbonyl (C=O) groups is 2. The number of carbonyl (C=O) groups excluding carboxylic acids is 2. The standard InChI is InChI=1S/C19H26N6O3S/c1-11(2)19(5,10-20)23-15(26)9-28-16(27)8-7-14-12(3)21-17-22-18(29-6)24-25(17)13(14)4/h11H,7-9H2,1-6H3,(H,23,26)/t19-/m0/s1. The van der Waals surface area contributed by atoms with E-state index in [1.165, 1.54) is 11.8 Å². The molecule has 0 aliphatic heterocycles. The monoisotopic (exact) mass is 418 g/mol. The van der Waals surface area contributed by atoms with E-state index < -0.39 is 24.0 Å². The average molecular weight is 419 g/mol. The molecule has 0 unspecified atom stereocenters. The number of rotatable bonds is 8. The zero-order chi connectivity index (χ0) is 21.8. The molecule has 0 saturated carbocycles. The number of fused-ring (bicyclic) bond motifs is 1. The number of ether oxygens (including phenoxy) is 1. The van der Waals surface area contributed by atoms with Crippen LogP contribution in [0, 0.1) is 31.1 Å². The highest BCUT2D eigenvalue weighted by molar-refractivity contribution is 7.98. The maximum Gasteiger partial charge on any atom is 0.306 e. The highest BCUT2D eigenvalue weighted by Gasteiger charge is 2.30. The summed E-state index contributed by atoms with van der Waals surface area (Å²) >= 11 is 1.43. The maximum atomic E-state index is 12.1. The Morgan fingerprint density at radius 2 is 2.03 bits per heavy atom. The number of esters is 1. The number of hydrogen-bond acceptors (Lipinski definition) is 8. The van der Waals surface area contributed by atoms with Crippen LogP contribution in [0.2, 0.25) is 0 Å². The first-order valence-electron chi connectivity index (χ1n) is 9.26. The highest BCUT2D eigenvalue weighted by Crippen LogP contribution is 2.18. The third kappa shape index (κ3) is 5.23. The van der Waals surface area contributed by atoms with Gasteiger partial charge in [-0.3, -0.25) is 9.59 Å². The summed E-state index contributed by atoms with van der Waals surface area (Å²) in [6.45, 7) is 8.66.